The maximum absolute atomic E-state index is 10.9. The van der Waals surface area contributed by atoms with Crippen molar-refractivity contribution in [3.8, 4) is 11.1 Å². The van der Waals surface area contributed by atoms with Crippen LogP contribution < -0.4 is 5.73 Å². The molecule has 2 aromatic carbocycles. The minimum absolute atomic E-state index is 0.462. The molecule has 0 radical (unpaired) electrons. The van der Waals surface area contributed by atoms with Gasteiger partial charge in [-0.2, -0.15) is 0 Å². The van der Waals surface area contributed by atoms with Gasteiger partial charge in [0.25, 0.3) is 0 Å². The predicted molar refractivity (Wildman–Crippen MR) is 85.4 cm³/mol. The van der Waals surface area contributed by atoms with Crippen LogP contribution in [0, 0.1) is 0 Å². The average molecular weight is 274 g/mol. The Morgan fingerprint density at radius 3 is 2.67 bits per heavy atom. The number of aromatic nitrogens is 1. The van der Waals surface area contributed by atoms with E-state index in [0.29, 0.717) is 0 Å². The number of rotatable bonds is 3. The summed E-state index contributed by atoms with van der Waals surface area (Å²) in [5, 5.41) is 2.36. The Labute approximate surface area is 122 Å². The summed E-state index contributed by atoms with van der Waals surface area (Å²) in [7, 11) is 0. The quantitative estimate of drug-likeness (QED) is 0.744. The van der Waals surface area contributed by atoms with Crippen LogP contribution in [0.2, 0.25) is 0 Å². The summed E-state index contributed by atoms with van der Waals surface area (Å²) in [6, 6.07) is 16.3. The number of benzene rings is 2. The molecule has 0 bridgehead atoms. The fourth-order valence-corrected chi connectivity index (χ4v) is 2.32. The number of fused-ring (bicyclic) bond motifs is 1. The lowest BCUT2D eigenvalue weighted by Crippen LogP contribution is -2.05. The maximum atomic E-state index is 10.9. The van der Waals surface area contributed by atoms with Gasteiger partial charge in [0.2, 0.25) is 5.91 Å². The summed E-state index contributed by atoms with van der Waals surface area (Å²) >= 11 is 0. The van der Waals surface area contributed by atoms with Gasteiger partial charge in [0.05, 0.1) is 0 Å². The van der Waals surface area contributed by atoms with Gasteiger partial charge in [-0.3, -0.25) is 9.78 Å². The van der Waals surface area contributed by atoms with Gasteiger partial charge in [-0.05, 0) is 40.1 Å². The Hall–Kier alpha value is -2.94. The van der Waals surface area contributed by atoms with E-state index in [1.165, 1.54) is 16.8 Å². The van der Waals surface area contributed by atoms with Gasteiger partial charge in [-0.1, -0.05) is 36.4 Å². The third-order valence-electron chi connectivity index (χ3n) is 3.34. The Morgan fingerprint density at radius 1 is 1.05 bits per heavy atom. The molecule has 3 aromatic rings. The molecule has 1 heterocycles. The van der Waals surface area contributed by atoms with Crippen LogP contribution in [0.25, 0.3) is 28.0 Å². The second-order valence-corrected chi connectivity index (χ2v) is 4.76. The van der Waals surface area contributed by atoms with Gasteiger partial charge in [0.15, 0.2) is 0 Å². The van der Waals surface area contributed by atoms with Crippen molar-refractivity contribution in [3.05, 3.63) is 72.6 Å². The molecular weight excluding hydrogens is 260 g/mol. The summed E-state index contributed by atoms with van der Waals surface area (Å²) < 4.78 is 0. The number of pyridine rings is 1. The molecule has 2 N–H and O–H groups in total. The van der Waals surface area contributed by atoms with Gasteiger partial charge in [-0.25, -0.2) is 0 Å². The molecular formula is C18H14N2O. The number of primary amides is 1. The number of amides is 1. The van der Waals surface area contributed by atoms with Crippen molar-refractivity contribution in [2.24, 2.45) is 5.73 Å². The number of hydrogen-bond donors (Lipinski definition) is 1. The zero-order chi connectivity index (χ0) is 14.7. The molecule has 0 aliphatic rings. The van der Waals surface area contributed by atoms with Crippen LogP contribution >= 0.6 is 0 Å². The van der Waals surface area contributed by atoms with E-state index in [1.807, 2.05) is 18.2 Å². The first kappa shape index (κ1) is 13.1. The average Bonchev–Trinajstić information content (AvgIpc) is 2.52. The smallest absolute Gasteiger partial charge is 0.241 e. The van der Waals surface area contributed by atoms with E-state index >= 15 is 0 Å². The van der Waals surface area contributed by atoms with E-state index < -0.39 is 5.91 Å². The second kappa shape index (κ2) is 5.59. The standard InChI is InChI=1S/C18H14N2O/c19-18(21)8-7-14-9-10-20-12-17(14)16-6-5-13-3-1-2-4-15(13)11-16/h1-12H,(H2,19,21)/b8-7+. The van der Waals surface area contributed by atoms with Crippen LogP contribution in [-0.4, -0.2) is 10.9 Å². The van der Waals surface area contributed by atoms with Crippen LogP contribution in [0.4, 0.5) is 0 Å². The molecule has 0 saturated carbocycles. The number of hydrogen-bond acceptors (Lipinski definition) is 2. The van der Waals surface area contributed by atoms with E-state index in [-0.39, 0.29) is 0 Å². The van der Waals surface area contributed by atoms with Crippen molar-refractivity contribution >= 4 is 22.8 Å². The van der Waals surface area contributed by atoms with E-state index in [4.69, 9.17) is 5.73 Å². The molecule has 0 unspecified atom stereocenters. The van der Waals surface area contributed by atoms with Crippen molar-refractivity contribution in [1.82, 2.24) is 4.98 Å². The lowest BCUT2D eigenvalue weighted by Gasteiger charge is -2.07. The third kappa shape index (κ3) is 2.82. The minimum Gasteiger partial charge on any atom is -0.366 e. The molecule has 0 fully saturated rings. The Kier molecular flexibility index (Phi) is 3.48. The van der Waals surface area contributed by atoms with Crippen molar-refractivity contribution in [1.29, 1.82) is 0 Å². The topological polar surface area (TPSA) is 56.0 Å². The summed E-state index contributed by atoms with van der Waals surface area (Å²) in [6.07, 6.45) is 6.57. The van der Waals surface area contributed by atoms with Crippen LogP contribution in [0.1, 0.15) is 5.56 Å². The minimum atomic E-state index is -0.462. The molecule has 102 valence electrons. The lowest BCUT2D eigenvalue weighted by molar-refractivity contribution is -0.113. The van der Waals surface area contributed by atoms with Crippen molar-refractivity contribution in [2.75, 3.05) is 0 Å². The predicted octanol–water partition coefficient (Wildman–Crippen LogP) is 3.40. The van der Waals surface area contributed by atoms with Crippen molar-refractivity contribution in [2.45, 2.75) is 0 Å². The van der Waals surface area contributed by atoms with E-state index in [2.05, 4.69) is 35.3 Å². The van der Waals surface area contributed by atoms with Gasteiger partial charge in [-0.15, -0.1) is 0 Å². The molecule has 3 nitrogen and oxygen atoms in total. The fourth-order valence-electron chi connectivity index (χ4n) is 2.32. The first-order chi connectivity index (χ1) is 10.2. The third-order valence-corrected chi connectivity index (χ3v) is 3.34. The van der Waals surface area contributed by atoms with E-state index in [9.17, 15) is 4.79 Å². The Balaban J connectivity index is 2.12. The molecule has 0 spiro atoms. The highest BCUT2D eigenvalue weighted by atomic mass is 16.1. The Morgan fingerprint density at radius 2 is 1.86 bits per heavy atom. The molecule has 0 aliphatic heterocycles. The highest BCUT2D eigenvalue weighted by Gasteiger charge is 2.04. The number of carbonyl (C=O) groups excluding carboxylic acids is 1. The zero-order valence-corrected chi connectivity index (χ0v) is 11.4. The van der Waals surface area contributed by atoms with Crippen LogP contribution in [0.3, 0.4) is 0 Å². The molecule has 0 atom stereocenters. The molecule has 1 amide bonds. The molecule has 3 heteroatoms. The molecule has 21 heavy (non-hydrogen) atoms. The highest BCUT2D eigenvalue weighted by Crippen LogP contribution is 2.27. The van der Waals surface area contributed by atoms with E-state index in [1.54, 1.807) is 18.5 Å². The van der Waals surface area contributed by atoms with Crippen LogP contribution in [0.5, 0.6) is 0 Å². The Bertz CT molecular complexity index is 837. The molecule has 0 saturated heterocycles. The van der Waals surface area contributed by atoms with Crippen molar-refractivity contribution in [3.63, 3.8) is 0 Å². The lowest BCUT2D eigenvalue weighted by atomic mass is 9.98. The van der Waals surface area contributed by atoms with Crippen LogP contribution in [0.15, 0.2) is 67.0 Å². The SMILES string of the molecule is NC(=O)/C=C/c1ccncc1-c1ccc2ccccc2c1. The first-order valence-corrected chi connectivity index (χ1v) is 6.65. The summed E-state index contributed by atoms with van der Waals surface area (Å²) in [4.78, 5) is 15.1. The van der Waals surface area contributed by atoms with Crippen LogP contribution in [-0.2, 0) is 4.79 Å². The summed E-state index contributed by atoms with van der Waals surface area (Å²) in [6.45, 7) is 0. The van der Waals surface area contributed by atoms with Gasteiger partial charge in [0.1, 0.15) is 0 Å². The van der Waals surface area contributed by atoms with Gasteiger partial charge < -0.3 is 5.73 Å². The number of carbonyl (C=O) groups is 1. The van der Waals surface area contributed by atoms with Crippen molar-refractivity contribution < 1.29 is 4.79 Å². The normalized spacial score (nSPS) is 11.0. The highest BCUT2D eigenvalue weighted by molar-refractivity contribution is 5.93. The molecule has 1 aromatic heterocycles. The summed E-state index contributed by atoms with van der Waals surface area (Å²) in [5.74, 6) is -0.462. The number of nitrogens with two attached hydrogens (primary N) is 1. The van der Waals surface area contributed by atoms with E-state index in [0.717, 1.165) is 16.7 Å². The molecule has 3 rings (SSSR count). The summed E-state index contributed by atoms with van der Waals surface area (Å²) in [5.41, 5.74) is 8.11. The second-order valence-electron chi connectivity index (χ2n) is 4.76. The van der Waals surface area contributed by atoms with Gasteiger partial charge in [0, 0.05) is 24.0 Å². The molecule has 0 aliphatic carbocycles. The van der Waals surface area contributed by atoms with Gasteiger partial charge >= 0.3 is 0 Å². The monoisotopic (exact) mass is 274 g/mol. The number of nitrogens with zero attached hydrogens (tertiary/aromatic N) is 1. The zero-order valence-electron chi connectivity index (χ0n) is 11.4. The maximum Gasteiger partial charge on any atom is 0.241 e. The fraction of sp³-hybridized carbons (Fsp3) is 0. The first-order valence-electron chi connectivity index (χ1n) is 6.65. The largest absolute Gasteiger partial charge is 0.366 e.